The van der Waals surface area contributed by atoms with Gasteiger partial charge in [-0.05, 0) is 264 Å². The average Bonchev–Trinajstić information content (AvgIpc) is 1.56. The van der Waals surface area contributed by atoms with Crippen LogP contribution in [0.3, 0.4) is 0 Å². The number of rotatable bonds is 11. The standard InChI is InChI=1S/C137H92N8/c1-135(2)114-34-16-7-25-95(114)98-67-57-92(78-117(98)135)143-124-40-22-13-31-104(124)110-64-50-86(74-130(110)143)83-47-61-107-101-28-10-19-37-121(101)140(127(107)71-83)89-53-43-81(44-54-89)133-113-77-91(142-123-39-21-12-30-103(123)109-63-49-85(73-129(109)142)88-52-66-112-106-33-15-24-42-126(106)145(132(112)76-88)94-59-69-100-97-27-9-18-36-116(97)137(5,6)119(100)80-94)60-70-120(113)138-134(139-133)82-45-55-90(56-46-82)141-122-38-20-11-29-102(122)108-62-48-84(72-128(108)141)87-51-65-111-105-32-14-23-41-125(105)144(131(111)75-87)93-58-68-99-96-26-8-17-35-115(96)136(3,4)118(99)79-93/h7-80H,1-6H3. The Labute approximate surface area is 836 Å². The van der Waals surface area contributed by atoms with Gasteiger partial charge in [-0.25, -0.2) is 9.97 Å². The highest BCUT2D eigenvalue weighted by Gasteiger charge is 2.40. The van der Waals surface area contributed by atoms with Gasteiger partial charge in [0, 0.05) is 132 Å². The van der Waals surface area contributed by atoms with Gasteiger partial charge in [0.1, 0.15) is 0 Å². The van der Waals surface area contributed by atoms with Gasteiger partial charge in [-0.2, -0.15) is 0 Å². The molecule has 8 nitrogen and oxygen atoms in total. The summed E-state index contributed by atoms with van der Waals surface area (Å²) in [7, 11) is 0. The molecule has 0 aliphatic heterocycles. The number of hydrogen-bond acceptors (Lipinski definition) is 2. The van der Waals surface area contributed by atoms with E-state index < -0.39 is 0 Å². The summed E-state index contributed by atoms with van der Waals surface area (Å²) in [6.45, 7) is 14.2. The Morgan fingerprint density at radius 1 is 0.152 bits per heavy atom. The van der Waals surface area contributed by atoms with Crippen LogP contribution in [0, 0.1) is 0 Å². The highest BCUT2D eigenvalue weighted by atomic mass is 15.0. The highest BCUT2D eigenvalue weighted by molar-refractivity contribution is 6.18. The van der Waals surface area contributed by atoms with Crippen LogP contribution in [0.5, 0.6) is 0 Å². The summed E-state index contributed by atoms with van der Waals surface area (Å²) in [6.07, 6.45) is 0. The molecule has 21 aromatic carbocycles. The fourth-order valence-corrected chi connectivity index (χ4v) is 26.2. The van der Waals surface area contributed by atoms with Gasteiger partial charge in [-0.15, -0.1) is 0 Å². The van der Waals surface area contributed by atoms with Gasteiger partial charge in [0.2, 0.25) is 0 Å². The Hall–Kier alpha value is -18.2. The highest BCUT2D eigenvalue weighted by Crippen LogP contribution is 2.55. The minimum absolute atomic E-state index is 0.142. The van der Waals surface area contributed by atoms with E-state index in [4.69, 9.17) is 9.97 Å². The minimum Gasteiger partial charge on any atom is -0.309 e. The molecule has 0 bridgehead atoms. The first kappa shape index (κ1) is 81.6. The van der Waals surface area contributed by atoms with Crippen molar-refractivity contribution in [2.45, 2.75) is 57.8 Å². The summed E-state index contributed by atoms with van der Waals surface area (Å²) in [5, 5.41) is 15.4. The van der Waals surface area contributed by atoms with Crippen molar-refractivity contribution in [3.8, 4) is 124 Å². The molecule has 0 unspecified atom stereocenters. The molecule has 7 aromatic heterocycles. The van der Waals surface area contributed by atoms with Crippen LogP contribution in [0.4, 0.5) is 0 Å². The second-order valence-electron chi connectivity index (χ2n) is 41.9. The Morgan fingerprint density at radius 3 is 0.669 bits per heavy atom. The van der Waals surface area contributed by atoms with Gasteiger partial charge in [0.05, 0.1) is 77.4 Å². The van der Waals surface area contributed by atoms with Crippen molar-refractivity contribution in [1.82, 2.24) is 37.4 Å². The van der Waals surface area contributed by atoms with Gasteiger partial charge in [0.25, 0.3) is 0 Å². The second kappa shape index (κ2) is 29.9. The quantitative estimate of drug-likeness (QED) is 0.130. The van der Waals surface area contributed by atoms with Crippen molar-refractivity contribution in [3.63, 3.8) is 0 Å². The molecule has 3 aliphatic carbocycles. The van der Waals surface area contributed by atoms with Crippen molar-refractivity contribution in [2.75, 3.05) is 0 Å². The number of para-hydroxylation sites is 6. The third-order valence-corrected chi connectivity index (χ3v) is 33.2. The third kappa shape index (κ3) is 11.6. The zero-order chi connectivity index (χ0) is 95.9. The van der Waals surface area contributed by atoms with Crippen LogP contribution in [0.1, 0.15) is 74.9 Å². The van der Waals surface area contributed by atoms with Crippen molar-refractivity contribution >= 4 is 142 Å². The Balaban J connectivity index is 0.544. The lowest BCUT2D eigenvalue weighted by Gasteiger charge is -2.22. The zero-order valence-electron chi connectivity index (χ0n) is 80.8. The molecular formula is C137H92N8. The van der Waals surface area contributed by atoms with Crippen molar-refractivity contribution in [1.29, 1.82) is 0 Å². The third-order valence-electron chi connectivity index (χ3n) is 33.2. The normalized spacial score (nSPS) is 13.8. The summed E-state index contributed by atoms with van der Waals surface area (Å²) in [4.78, 5) is 11.5. The van der Waals surface area contributed by atoms with E-state index in [1.165, 1.54) is 164 Å². The minimum atomic E-state index is -0.152. The maximum Gasteiger partial charge on any atom is 0.160 e. The molecule has 8 heteroatoms. The van der Waals surface area contributed by atoms with E-state index in [9.17, 15) is 0 Å². The monoisotopic (exact) mass is 1850 g/mol. The molecule has 680 valence electrons. The molecule has 0 fully saturated rings. The second-order valence-corrected chi connectivity index (χ2v) is 41.9. The molecule has 0 radical (unpaired) electrons. The van der Waals surface area contributed by atoms with Crippen LogP contribution < -0.4 is 0 Å². The smallest absolute Gasteiger partial charge is 0.160 e. The van der Waals surface area contributed by atoms with Crippen LogP contribution in [0.2, 0.25) is 0 Å². The average molecular weight is 1850 g/mol. The fraction of sp³-hybridized carbons (Fsp3) is 0.0657. The molecule has 0 saturated heterocycles. The van der Waals surface area contributed by atoms with E-state index in [2.05, 4.69) is 518 Å². The summed E-state index contributed by atoms with van der Waals surface area (Å²) in [6, 6.07) is 169. The molecule has 3 aliphatic rings. The van der Waals surface area contributed by atoms with Crippen LogP contribution in [-0.2, 0) is 16.2 Å². The maximum atomic E-state index is 5.86. The lowest BCUT2D eigenvalue weighted by molar-refractivity contribution is 0.660. The largest absolute Gasteiger partial charge is 0.309 e. The van der Waals surface area contributed by atoms with Crippen molar-refractivity contribution in [3.05, 3.63) is 482 Å². The predicted molar refractivity (Wildman–Crippen MR) is 605 cm³/mol. The first-order chi connectivity index (χ1) is 71.1. The molecule has 0 saturated carbocycles. The first-order valence-electron chi connectivity index (χ1n) is 50.6. The number of benzene rings is 21. The summed E-state index contributed by atoms with van der Waals surface area (Å²) < 4.78 is 14.8. The SMILES string of the molecule is CC1(C)c2ccccc2-c2ccc(-n3c4ccccc4c4ccc(-c5ccc6c7ccccc7n(-c7ccc(-c8nc(-c9ccc(-n%10c%11ccccc%11c%11ccc(-c%12ccc%13c%14ccccc%14n(-c%14ccc%15c(c%14)C(C)(C)c%14ccccc%14-%15)c%13c%12)cc%11%10)cc9)c9cc(-n%10c%11ccccc%11c%11ccc(-c%12ccc%13c%14ccccc%14n(-c%14ccc%15c(c%14)C(C)(C)c%14ccccc%14-%15)c%13c%12)cc%11%10)ccc9n8)cc7)c6c5)cc43)cc21. The van der Waals surface area contributed by atoms with E-state index >= 15 is 0 Å². The Bertz CT molecular complexity index is 10600. The maximum absolute atomic E-state index is 5.86. The number of nitrogens with zero attached hydrogens (tertiary/aromatic N) is 8. The topological polar surface area (TPSA) is 55.4 Å². The van der Waals surface area contributed by atoms with Gasteiger partial charge < -0.3 is 27.4 Å². The summed E-state index contributed by atoms with van der Waals surface area (Å²) in [5.74, 6) is 0.635. The molecule has 7 heterocycles. The predicted octanol–water partition coefficient (Wildman–Crippen LogP) is 35.5. The summed E-state index contributed by atoms with van der Waals surface area (Å²) in [5.41, 5.74) is 46.5. The molecule has 28 aromatic rings. The molecule has 31 rings (SSSR count). The molecule has 0 spiro atoms. The van der Waals surface area contributed by atoms with Crippen molar-refractivity contribution < 1.29 is 0 Å². The molecule has 145 heavy (non-hydrogen) atoms. The van der Waals surface area contributed by atoms with Gasteiger partial charge in [0.15, 0.2) is 5.82 Å². The molecular weight excluding hydrogens is 1760 g/mol. The van der Waals surface area contributed by atoms with E-state index in [1.54, 1.807) is 0 Å². The number of aromatic nitrogens is 8. The lowest BCUT2D eigenvalue weighted by Crippen LogP contribution is -2.15. The van der Waals surface area contributed by atoms with Crippen LogP contribution in [0.25, 0.3) is 265 Å². The van der Waals surface area contributed by atoms with Gasteiger partial charge in [-0.1, -0.05) is 327 Å². The van der Waals surface area contributed by atoms with Crippen LogP contribution in [0.15, 0.2) is 449 Å². The summed E-state index contributed by atoms with van der Waals surface area (Å²) >= 11 is 0. The van der Waals surface area contributed by atoms with E-state index in [1.807, 2.05) is 0 Å². The Morgan fingerprint density at radius 2 is 0.372 bits per heavy atom. The number of fused-ring (bicyclic) bond motifs is 28. The van der Waals surface area contributed by atoms with E-state index in [-0.39, 0.29) is 16.2 Å². The van der Waals surface area contributed by atoms with E-state index in [0.717, 1.165) is 128 Å². The molecule has 0 atom stereocenters. The first-order valence-corrected chi connectivity index (χ1v) is 50.6. The van der Waals surface area contributed by atoms with Crippen LogP contribution >= 0.6 is 0 Å². The number of hydrogen-bond donors (Lipinski definition) is 0. The zero-order valence-corrected chi connectivity index (χ0v) is 80.8. The van der Waals surface area contributed by atoms with Crippen LogP contribution in [-0.4, -0.2) is 37.4 Å². The molecule has 0 amide bonds. The lowest BCUT2D eigenvalue weighted by atomic mass is 9.82. The van der Waals surface area contributed by atoms with E-state index in [0.29, 0.717) is 5.82 Å². The van der Waals surface area contributed by atoms with Gasteiger partial charge >= 0.3 is 0 Å². The Kier molecular flexibility index (Phi) is 16.8. The fourth-order valence-electron chi connectivity index (χ4n) is 26.2. The van der Waals surface area contributed by atoms with Gasteiger partial charge in [-0.3, -0.25) is 0 Å². The molecule has 0 N–H and O–H groups in total. The van der Waals surface area contributed by atoms with Crippen molar-refractivity contribution in [2.24, 2.45) is 0 Å².